The summed E-state index contributed by atoms with van der Waals surface area (Å²) in [6.45, 7) is 6.30. The molecule has 0 spiro atoms. The molecule has 0 atom stereocenters. The number of Topliss-reactive ketones (excluding diaryl/α,β-unsaturated/α-hetero) is 1. The number of hydrogen-bond acceptors (Lipinski definition) is 2. The van der Waals surface area contributed by atoms with Crippen LogP contribution in [0.3, 0.4) is 0 Å². The second kappa shape index (κ2) is 7.91. The van der Waals surface area contributed by atoms with Gasteiger partial charge in [-0.15, -0.1) is 0 Å². The Morgan fingerprint density at radius 3 is 2.52 bits per heavy atom. The standard InChI is InChI=1S/C20H23FO2/c1-14(2)13-23-19-11-16(10-18(12-19)15(3)22)8-9-17-6-4-5-7-20(17)21/h4-7,10-12,14H,8-9,13H2,1-3H3. The van der Waals surface area contributed by atoms with Gasteiger partial charge in [0, 0.05) is 5.56 Å². The number of ether oxygens (including phenoxy) is 1. The molecule has 0 bridgehead atoms. The van der Waals surface area contributed by atoms with E-state index in [1.54, 1.807) is 25.1 Å². The summed E-state index contributed by atoms with van der Waals surface area (Å²) in [7, 11) is 0. The van der Waals surface area contributed by atoms with E-state index in [9.17, 15) is 9.18 Å². The first kappa shape index (κ1) is 17.2. The van der Waals surface area contributed by atoms with Gasteiger partial charge in [0.05, 0.1) is 6.61 Å². The smallest absolute Gasteiger partial charge is 0.159 e. The predicted octanol–water partition coefficient (Wildman–Crippen LogP) is 4.85. The molecule has 0 unspecified atom stereocenters. The van der Waals surface area contributed by atoms with Gasteiger partial charge in [0.15, 0.2) is 5.78 Å². The Labute approximate surface area is 137 Å². The molecule has 23 heavy (non-hydrogen) atoms. The van der Waals surface area contributed by atoms with Crippen LogP contribution in [0.4, 0.5) is 4.39 Å². The molecule has 0 aliphatic rings. The number of rotatable bonds is 7. The predicted molar refractivity (Wildman–Crippen MR) is 90.6 cm³/mol. The van der Waals surface area contributed by atoms with Crippen LogP contribution >= 0.6 is 0 Å². The number of aryl methyl sites for hydroxylation is 2. The first-order chi connectivity index (χ1) is 11.0. The molecule has 2 rings (SSSR count). The summed E-state index contributed by atoms with van der Waals surface area (Å²) < 4.78 is 19.5. The summed E-state index contributed by atoms with van der Waals surface area (Å²) in [6, 6.07) is 12.4. The molecule has 2 aromatic carbocycles. The van der Waals surface area contributed by atoms with Crippen LogP contribution < -0.4 is 4.74 Å². The van der Waals surface area contributed by atoms with E-state index >= 15 is 0 Å². The van der Waals surface area contributed by atoms with Gasteiger partial charge in [-0.2, -0.15) is 0 Å². The van der Waals surface area contributed by atoms with Crippen molar-refractivity contribution in [2.75, 3.05) is 6.61 Å². The summed E-state index contributed by atoms with van der Waals surface area (Å²) in [5, 5.41) is 0. The van der Waals surface area contributed by atoms with Crippen molar-refractivity contribution in [1.29, 1.82) is 0 Å². The molecule has 0 radical (unpaired) electrons. The zero-order valence-electron chi connectivity index (χ0n) is 13.9. The van der Waals surface area contributed by atoms with Crippen LogP contribution in [0, 0.1) is 11.7 Å². The van der Waals surface area contributed by atoms with Gasteiger partial charge in [0.1, 0.15) is 11.6 Å². The Kier molecular flexibility index (Phi) is 5.91. The maximum Gasteiger partial charge on any atom is 0.159 e. The molecule has 122 valence electrons. The second-order valence-corrected chi connectivity index (χ2v) is 6.22. The lowest BCUT2D eigenvalue weighted by molar-refractivity contribution is 0.101. The topological polar surface area (TPSA) is 26.3 Å². The maximum atomic E-state index is 13.7. The minimum absolute atomic E-state index is 0.00661. The van der Waals surface area contributed by atoms with Crippen molar-refractivity contribution in [3.63, 3.8) is 0 Å². The van der Waals surface area contributed by atoms with Gasteiger partial charge in [0.25, 0.3) is 0 Å². The summed E-state index contributed by atoms with van der Waals surface area (Å²) in [5.74, 6) is 0.937. The third-order valence-corrected chi connectivity index (χ3v) is 3.60. The Morgan fingerprint density at radius 2 is 1.87 bits per heavy atom. The Balaban J connectivity index is 2.16. The molecule has 0 saturated carbocycles. The zero-order valence-corrected chi connectivity index (χ0v) is 13.9. The highest BCUT2D eigenvalue weighted by Gasteiger charge is 2.08. The Morgan fingerprint density at radius 1 is 1.13 bits per heavy atom. The highest BCUT2D eigenvalue weighted by Crippen LogP contribution is 2.21. The number of halogens is 1. The van der Waals surface area contributed by atoms with Crippen molar-refractivity contribution in [3.8, 4) is 5.75 Å². The van der Waals surface area contributed by atoms with Crippen LogP contribution in [0.1, 0.15) is 42.3 Å². The van der Waals surface area contributed by atoms with Gasteiger partial charge in [-0.3, -0.25) is 4.79 Å². The van der Waals surface area contributed by atoms with E-state index in [1.165, 1.54) is 6.07 Å². The SMILES string of the molecule is CC(=O)c1cc(CCc2ccccc2F)cc(OCC(C)C)c1. The van der Waals surface area contributed by atoms with Crippen molar-refractivity contribution in [2.24, 2.45) is 5.92 Å². The number of carbonyl (C=O) groups excluding carboxylic acids is 1. The highest BCUT2D eigenvalue weighted by atomic mass is 19.1. The van der Waals surface area contributed by atoms with Crippen LogP contribution in [0.2, 0.25) is 0 Å². The van der Waals surface area contributed by atoms with Crippen LogP contribution in [-0.2, 0) is 12.8 Å². The molecular formula is C20H23FO2. The quantitative estimate of drug-likeness (QED) is 0.683. The number of benzene rings is 2. The molecule has 0 fully saturated rings. The van der Waals surface area contributed by atoms with Crippen molar-refractivity contribution >= 4 is 5.78 Å². The molecular weight excluding hydrogens is 291 g/mol. The van der Waals surface area contributed by atoms with Crippen molar-refractivity contribution < 1.29 is 13.9 Å². The zero-order chi connectivity index (χ0) is 16.8. The average molecular weight is 314 g/mol. The number of hydrogen-bond donors (Lipinski definition) is 0. The largest absolute Gasteiger partial charge is 0.493 e. The van der Waals surface area contributed by atoms with Crippen molar-refractivity contribution in [1.82, 2.24) is 0 Å². The van der Waals surface area contributed by atoms with Crippen LogP contribution in [-0.4, -0.2) is 12.4 Å². The molecule has 0 heterocycles. The molecule has 3 heteroatoms. The summed E-state index contributed by atoms with van der Waals surface area (Å²) in [6.07, 6.45) is 1.26. The highest BCUT2D eigenvalue weighted by molar-refractivity contribution is 5.94. The van der Waals surface area contributed by atoms with Gasteiger partial charge in [-0.1, -0.05) is 32.0 Å². The molecule has 0 amide bonds. The van der Waals surface area contributed by atoms with Crippen molar-refractivity contribution in [3.05, 3.63) is 65.0 Å². The summed E-state index contributed by atoms with van der Waals surface area (Å²) >= 11 is 0. The first-order valence-corrected chi connectivity index (χ1v) is 7.97. The fourth-order valence-electron chi connectivity index (χ4n) is 2.33. The van der Waals surface area contributed by atoms with E-state index in [2.05, 4.69) is 13.8 Å². The van der Waals surface area contributed by atoms with E-state index in [4.69, 9.17) is 4.74 Å². The average Bonchev–Trinajstić information content (AvgIpc) is 2.52. The third kappa shape index (κ3) is 5.20. The maximum absolute atomic E-state index is 13.7. The van der Waals surface area contributed by atoms with Crippen molar-refractivity contribution in [2.45, 2.75) is 33.6 Å². The number of ketones is 1. The minimum atomic E-state index is -0.188. The molecule has 0 aliphatic carbocycles. The normalized spacial score (nSPS) is 10.8. The summed E-state index contributed by atoms with van der Waals surface area (Å²) in [4.78, 5) is 11.7. The molecule has 0 aliphatic heterocycles. The van der Waals surface area contributed by atoms with E-state index in [0.717, 1.165) is 5.56 Å². The van der Waals surface area contributed by atoms with Gasteiger partial charge in [-0.05, 0) is 61.1 Å². The van der Waals surface area contributed by atoms with E-state index in [0.29, 0.717) is 42.2 Å². The molecule has 0 aromatic heterocycles. The van der Waals surface area contributed by atoms with Gasteiger partial charge < -0.3 is 4.74 Å². The lowest BCUT2D eigenvalue weighted by atomic mass is 10.0. The molecule has 0 N–H and O–H groups in total. The van der Waals surface area contributed by atoms with Gasteiger partial charge in [0.2, 0.25) is 0 Å². The second-order valence-electron chi connectivity index (χ2n) is 6.22. The van der Waals surface area contributed by atoms with Gasteiger partial charge >= 0.3 is 0 Å². The van der Waals surface area contributed by atoms with E-state index < -0.39 is 0 Å². The third-order valence-electron chi connectivity index (χ3n) is 3.60. The fourth-order valence-corrected chi connectivity index (χ4v) is 2.33. The minimum Gasteiger partial charge on any atom is -0.493 e. The summed E-state index contributed by atoms with van der Waals surface area (Å²) in [5.41, 5.74) is 2.31. The monoisotopic (exact) mass is 314 g/mol. The molecule has 2 nitrogen and oxygen atoms in total. The first-order valence-electron chi connectivity index (χ1n) is 7.97. The lowest BCUT2D eigenvalue weighted by Crippen LogP contribution is -2.06. The van der Waals surface area contributed by atoms with E-state index in [-0.39, 0.29) is 11.6 Å². The van der Waals surface area contributed by atoms with E-state index in [1.807, 2.05) is 18.2 Å². The van der Waals surface area contributed by atoms with Crippen LogP contribution in [0.25, 0.3) is 0 Å². The number of carbonyl (C=O) groups is 1. The van der Waals surface area contributed by atoms with Gasteiger partial charge in [-0.25, -0.2) is 4.39 Å². The van der Waals surface area contributed by atoms with Crippen LogP contribution in [0.5, 0.6) is 5.75 Å². The fraction of sp³-hybridized carbons (Fsp3) is 0.350. The molecule has 0 saturated heterocycles. The Hall–Kier alpha value is -2.16. The van der Waals surface area contributed by atoms with Crippen LogP contribution in [0.15, 0.2) is 42.5 Å². The Bertz CT molecular complexity index is 677. The molecule has 2 aromatic rings. The lowest BCUT2D eigenvalue weighted by Gasteiger charge is -2.12.